The molecule has 2 amide bonds. The third-order valence-electron chi connectivity index (χ3n) is 7.49. The zero-order chi connectivity index (χ0) is 24.6. The van der Waals surface area contributed by atoms with Crippen LogP contribution in [0.15, 0.2) is 42.5 Å². The van der Waals surface area contributed by atoms with Crippen molar-refractivity contribution in [2.24, 2.45) is 0 Å². The number of rotatable bonds is 3. The van der Waals surface area contributed by atoms with E-state index in [2.05, 4.69) is 53.6 Å². The lowest BCUT2D eigenvalue weighted by Gasteiger charge is -2.43. The number of piperidine rings is 2. The summed E-state index contributed by atoms with van der Waals surface area (Å²) in [5.74, 6) is 0.430. The van der Waals surface area contributed by atoms with E-state index in [1.807, 2.05) is 6.07 Å². The van der Waals surface area contributed by atoms with Gasteiger partial charge in [0.1, 0.15) is 17.4 Å². The van der Waals surface area contributed by atoms with Crippen LogP contribution in [0, 0.1) is 6.92 Å². The van der Waals surface area contributed by atoms with Gasteiger partial charge in [-0.1, -0.05) is 35.9 Å². The number of anilines is 2. The molecule has 3 aliphatic rings. The molecule has 0 radical (unpaired) electrons. The minimum atomic E-state index is -0.440. The lowest BCUT2D eigenvalue weighted by atomic mass is 9.87. The van der Waals surface area contributed by atoms with Gasteiger partial charge in [-0.15, -0.1) is 0 Å². The summed E-state index contributed by atoms with van der Waals surface area (Å²) in [5, 5.41) is 3.46. The maximum atomic E-state index is 13.0. The summed E-state index contributed by atoms with van der Waals surface area (Å²) in [7, 11) is 0. The molecular weight excluding hydrogens is 462 g/mol. The molecule has 2 fully saturated rings. The first-order chi connectivity index (χ1) is 16.8. The molecule has 35 heavy (non-hydrogen) atoms. The SMILES string of the molecule is CC(=O)N1CCCC[C@@H]1C(=O)Nc1cc(Cl)c2c(c1)C=CC1(CCN(c3ccccc3C)CC1)O2. The Morgan fingerprint density at radius 1 is 1.11 bits per heavy atom. The maximum absolute atomic E-state index is 13.0. The van der Waals surface area contributed by atoms with Gasteiger partial charge in [0.05, 0.1) is 5.02 Å². The number of hydrogen-bond donors (Lipinski definition) is 1. The summed E-state index contributed by atoms with van der Waals surface area (Å²) in [6, 6.07) is 11.7. The highest BCUT2D eigenvalue weighted by Gasteiger charge is 2.38. The van der Waals surface area contributed by atoms with E-state index in [1.165, 1.54) is 18.2 Å². The molecule has 2 saturated heterocycles. The summed E-state index contributed by atoms with van der Waals surface area (Å²) in [6.07, 6.45) is 8.49. The first-order valence-electron chi connectivity index (χ1n) is 12.5. The van der Waals surface area contributed by atoms with Crippen LogP contribution in [-0.4, -0.2) is 48.0 Å². The fourth-order valence-electron chi connectivity index (χ4n) is 5.52. The van der Waals surface area contributed by atoms with Gasteiger partial charge in [-0.05, 0) is 56.0 Å². The minimum absolute atomic E-state index is 0.0663. The van der Waals surface area contributed by atoms with Crippen molar-refractivity contribution in [1.29, 1.82) is 0 Å². The fraction of sp³-hybridized carbons (Fsp3) is 0.429. The monoisotopic (exact) mass is 493 g/mol. The Labute approximate surface area is 211 Å². The van der Waals surface area contributed by atoms with Crippen molar-refractivity contribution in [3.05, 3.63) is 58.6 Å². The van der Waals surface area contributed by atoms with E-state index >= 15 is 0 Å². The molecule has 6 nitrogen and oxygen atoms in total. The number of hydrogen-bond acceptors (Lipinski definition) is 4. The topological polar surface area (TPSA) is 61.9 Å². The van der Waals surface area contributed by atoms with Crippen molar-refractivity contribution in [2.45, 2.75) is 57.6 Å². The van der Waals surface area contributed by atoms with Gasteiger partial charge in [0, 0.05) is 56.3 Å². The number of carbonyl (C=O) groups excluding carboxylic acids is 2. The Bertz CT molecular complexity index is 1170. The van der Waals surface area contributed by atoms with E-state index < -0.39 is 6.04 Å². The van der Waals surface area contributed by atoms with Gasteiger partial charge in [0.2, 0.25) is 11.8 Å². The van der Waals surface area contributed by atoms with Crippen LogP contribution in [0.2, 0.25) is 5.02 Å². The molecule has 1 spiro atoms. The molecule has 0 saturated carbocycles. The van der Waals surface area contributed by atoms with Crippen LogP contribution in [-0.2, 0) is 9.59 Å². The maximum Gasteiger partial charge on any atom is 0.247 e. The summed E-state index contributed by atoms with van der Waals surface area (Å²) in [4.78, 5) is 29.0. The molecule has 0 aliphatic carbocycles. The molecule has 3 aliphatic heterocycles. The second kappa shape index (κ2) is 9.57. The van der Waals surface area contributed by atoms with E-state index in [1.54, 1.807) is 11.0 Å². The Kier molecular flexibility index (Phi) is 6.49. The van der Waals surface area contributed by atoms with Crippen LogP contribution < -0.4 is 15.0 Å². The lowest BCUT2D eigenvalue weighted by Crippen LogP contribution is -2.49. The highest BCUT2D eigenvalue weighted by molar-refractivity contribution is 6.32. The molecule has 7 heteroatoms. The van der Waals surface area contributed by atoms with E-state index in [4.69, 9.17) is 16.3 Å². The second-order valence-corrected chi connectivity index (χ2v) is 10.3. The Hall–Kier alpha value is -2.99. The third kappa shape index (κ3) is 4.76. The van der Waals surface area contributed by atoms with Gasteiger partial charge in [0.25, 0.3) is 0 Å². The number of nitrogens with one attached hydrogen (secondary N) is 1. The van der Waals surface area contributed by atoms with Crippen LogP contribution in [0.3, 0.4) is 0 Å². The van der Waals surface area contributed by atoms with Gasteiger partial charge >= 0.3 is 0 Å². The Morgan fingerprint density at radius 2 is 1.89 bits per heavy atom. The summed E-state index contributed by atoms with van der Waals surface area (Å²) >= 11 is 6.66. The van der Waals surface area contributed by atoms with Gasteiger partial charge in [-0.2, -0.15) is 0 Å². The van der Waals surface area contributed by atoms with E-state index in [9.17, 15) is 9.59 Å². The number of likely N-dealkylation sites (tertiary alicyclic amines) is 1. The van der Waals surface area contributed by atoms with E-state index in [0.29, 0.717) is 29.4 Å². The van der Waals surface area contributed by atoms with Crippen LogP contribution in [0.1, 0.15) is 50.2 Å². The normalized spacial score (nSPS) is 20.8. The quantitative estimate of drug-likeness (QED) is 0.619. The average molecular weight is 494 g/mol. The number of para-hydroxylation sites is 1. The van der Waals surface area contributed by atoms with E-state index in [-0.39, 0.29) is 17.4 Å². The highest BCUT2D eigenvalue weighted by atomic mass is 35.5. The van der Waals surface area contributed by atoms with E-state index in [0.717, 1.165) is 44.3 Å². The second-order valence-electron chi connectivity index (χ2n) is 9.86. The number of amides is 2. The summed E-state index contributed by atoms with van der Waals surface area (Å²) in [5.41, 5.74) is 3.66. The number of fused-ring (bicyclic) bond motifs is 1. The van der Waals surface area contributed by atoms with Crippen molar-refractivity contribution in [1.82, 2.24) is 4.90 Å². The Balaban J connectivity index is 1.29. The number of benzene rings is 2. The first-order valence-corrected chi connectivity index (χ1v) is 12.8. The predicted octanol–water partition coefficient (Wildman–Crippen LogP) is 5.43. The molecule has 2 aromatic carbocycles. The predicted molar refractivity (Wildman–Crippen MR) is 140 cm³/mol. The van der Waals surface area contributed by atoms with Crippen LogP contribution in [0.25, 0.3) is 6.08 Å². The highest BCUT2D eigenvalue weighted by Crippen LogP contribution is 2.43. The molecule has 3 heterocycles. The average Bonchev–Trinajstić information content (AvgIpc) is 2.86. The minimum Gasteiger partial charge on any atom is -0.481 e. The van der Waals surface area contributed by atoms with Crippen LogP contribution in [0.5, 0.6) is 5.75 Å². The van der Waals surface area contributed by atoms with Gasteiger partial charge in [-0.25, -0.2) is 0 Å². The lowest BCUT2D eigenvalue weighted by molar-refractivity contribution is -0.138. The number of ether oxygens (including phenoxy) is 1. The summed E-state index contributed by atoms with van der Waals surface area (Å²) < 4.78 is 6.52. The molecule has 0 unspecified atom stereocenters. The Morgan fingerprint density at radius 3 is 2.63 bits per heavy atom. The van der Waals surface area contributed by atoms with Crippen molar-refractivity contribution in [2.75, 3.05) is 29.9 Å². The van der Waals surface area contributed by atoms with Gasteiger partial charge in [0.15, 0.2) is 0 Å². The third-order valence-corrected chi connectivity index (χ3v) is 7.77. The largest absolute Gasteiger partial charge is 0.481 e. The number of carbonyl (C=O) groups is 2. The molecule has 2 aromatic rings. The molecular formula is C28H32ClN3O3. The smallest absolute Gasteiger partial charge is 0.247 e. The zero-order valence-corrected chi connectivity index (χ0v) is 21.1. The number of halogens is 1. The standard InChI is InChI=1S/C28H32ClN3O3/c1-19-7-3-4-8-24(19)31-15-12-28(13-16-31)11-10-21-17-22(18-23(29)26(21)35-28)30-27(34)25-9-5-6-14-32(25)20(2)33/h3-4,7-8,10-11,17-18,25H,5-6,9,12-16H2,1-2H3,(H,30,34)/t25-/m1/s1. The first kappa shape index (κ1) is 23.7. The molecule has 5 rings (SSSR count). The molecule has 1 atom stereocenters. The molecule has 0 aromatic heterocycles. The number of aryl methyl sites for hydroxylation is 1. The fourth-order valence-corrected chi connectivity index (χ4v) is 5.78. The zero-order valence-electron chi connectivity index (χ0n) is 20.4. The van der Waals surface area contributed by atoms with Gasteiger partial charge < -0.3 is 19.9 Å². The van der Waals surface area contributed by atoms with Crippen molar-refractivity contribution >= 4 is 40.9 Å². The molecule has 184 valence electrons. The van der Waals surface area contributed by atoms with Crippen molar-refractivity contribution in [3.63, 3.8) is 0 Å². The van der Waals surface area contributed by atoms with Crippen LogP contribution in [0.4, 0.5) is 11.4 Å². The summed E-state index contributed by atoms with van der Waals surface area (Å²) in [6.45, 7) is 6.10. The van der Waals surface area contributed by atoms with Gasteiger partial charge in [-0.3, -0.25) is 9.59 Å². The van der Waals surface area contributed by atoms with Crippen molar-refractivity contribution < 1.29 is 14.3 Å². The number of nitrogens with zero attached hydrogens (tertiary/aromatic N) is 2. The van der Waals surface area contributed by atoms with Crippen LogP contribution >= 0.6 is 11.6 Å². The molecule has 0 bridgehead atoms. The van der Waals surface area contributed by atoms with Crippen molar-refractivity contribution in [3.8, 4) is 5.75 Å². The molecule has 1 N–H and O–H groups in total.